The van der Waals surface area contributed by atoms with Gasteiger partial charge in [0, 0.05) is 16.9 Å². The van der Waals surface area contributed by atoms with E-state index in [4.69, 9.17) is 0 Å². The van der Waals surface area contributed by atoms with Crippen LogP contribution in [0.5, 0.6) is 0 Å². The topological polar surface area (TPSA) is 41.1 Å². The Bertz CT molecular complexity index is 433. The van der Waals surface area contributed by atoms with E-state index in [9.17, 15) is 9.18 Å². The molecule has 1 heterocycles. The van der Waals surface area contributed by atoms with E-state index in [1.165, 1.54) is 12.5 Å². The molecule has 18 heavy (non-hydrogen) atoms. The fourth-order valence-corrected chi connectivity index (χ4v) is 2.45. The molecule has 0 spiro atoms. The summed E-state index contributed by atoms with van der Waals surface area (Å²) in [6.07, 6.45) is 3.53. The van der Waals surface area contributed by atoms with Crippen LogP contribution in [0.4, 0.5) is 10.1 Å². The number of hydrogen-bond donors (Lipinski definition) is 2. The lowest BCUT2D eigenvalue weighted by atomic mass is 10.1. The van der Waals surface area contributed by atoms with Crippen molar-refractivity contribution in [3.63, 3.8) is 0 Å². The molecule has 0 saturated carbocycles. The molecule has 98 valence electrons. The monoisotopic (exact) mass is 314 g/mol. The fraction of sp³-hybridized carbons (Fsp3) is 0.462. The van der Waals surface area contributed by atoms with Crippen molar-refractivity contribution < 1.29 is 9.18 Å². The van der Waals surface area contributed by atoms with E-state index in [2.05, 4.69) is 26.6 Å². The molecule has 3 nitrogen and oxygen atoms in total. The standard InChI is InChI=1S/C13H16BrFN2O/c14-9-3-5-12(11(15)8-9)17-13(18)6-4-10-2-1-7-16-10/h3,5,8,10,16H,1-2,4,6-7H2,(H,17,18). The Morgan fingerprint density at radius 3 is 3.06 bits per heavy atom. The summed E-state index contributed by atoms with van der Waals surface area (Å²) in [5, 5.41) is 5.93. The molecule has 2 N–H and O–H groups in total. The van der Waals surface area contributed by atoms with Crippen molar-refractivity contribution in [2.45, 2.75) is 31.7 Å². The zero-order valence-electron chi connectivity index (χ0n) is 10.0. The summed E-state index contributed by atoms with van der Waals surface area (Å²) in [5.41, 5.74) is 0.239. The molecule has 0 aromatic heterocycles. The minimum atomic E-state index is -0.420. The summed E-state index contributed by atoms with van der Waals surface area (Å²) < 4.78 is 14.2. The van der Waals surface area contributed by atoms with Gasteiger partial charge in [0.1, 0.15) is 5.82 Å². The first-order valence-electron chi connectivity index (χ1n) is 6.13. The van der Waals surface area contributed by atoms with E-state index in [0.29, 0.717) is 16.9 Å². The Morgan fingerprint density at radius 2 is 2.39 bits per heavy atom. The second-order valence-corrected chi connectivity index (χ2v) is 5.42. The molecule has 1 saturated heterocycles. The van der Waals surface area contributed by atoms with Crippen molar-refractivity contribution in [3.8, 4) is 0 Å². The molecule has 1 aliphatic rings. The Hall–Kier alpha value is -0.940. The second kappa shape index (κ2) is 6.29. The SMILES string of the molecule is O=C(CCC1CCCN1)Nc1ccc(Br)cc1F. The third-order valence-electron chi connectivity index (χ3n) is 3.09. The molecule has 0 radical (unpaired) electrons. The highest BCUT2D eigenvalue weighted by Gasteiger charge is 2.15. The van der Waals surface area contributed by atoms with Gasteiger partial charge in [-0.3, -0.25) is 4.79 Å². The van der Waals surface area contributed by atoms with Gasteiger partial charge >= 0.3 is 0 Å². The highest BCUT2D eigenvalue weighted by molar-refractivity contribution is 9.10. The van der Waals surface area contributed by atoms with E-state index < -0.39 is 5.82 Å². The van der Waals surface area contributed by atoms with Gasteiger partial charge < -0.3 is 10.6 Å². The summed E-state index contributed by atoms with van der Waals surface area (Å²) in [6, 6.07) is 5.04. The number of carbonyl (C=O) groups excluding carboxylic acids is 1. The smallest absolute Gasteiger partial charge is 0.224 e. The maximum absolute atomic E-state index is 13.5. The van der Waals surface area contributed by atoms with Crippen LogP contribution < -0.4 is 10.6 Å². The van der Waals surface area contributed by atoms with Gasteiger partial charge in [0.25, 0.3) is 0 Å². The van der Waals surface area contributed by atoms with Gasteiger partial charge in [-0.1, -0.05) is 15.9 Å². The largest absolute Gasteiger partial charge is 0.324 e. The third-order valence-corrected chi connectivity index (χ3v) is 3.58. The van der Waals surface area contributed by atoms with Gasteiger partial charge in [-0.25, -0.2) is 4.39 Å². The van der Waals surface area contributed by atoms with Crippen LogP contribution >= 0.6 is 15.9 Å². The highest BCUT2D eigenvalue weighted by atomic mass is 79.9. The molecular formula is C13H16BrFN2O. The lowest BCUT2D eigenvalue weighted by Gasteiger charge is -2.10. The highest BCUT2D eigenvalue weighted by Crippen LogP contribution is 2.20. The molecule has 1 aliphatic heterocycles. The number of anilines is 1. The van der Waals surface area contributed by atoms with E-state index in [-0.39, 0.29) is 11.6 Å². The first-order valence-corrected chi connectivity index (χ1v) is 6.93. The van der Waals surface area contributed by atoms with Gasteiger partial charge in [0.15, 0.2) is 0 Å². The number of amides is 1. The minimum Gasteiger partial charge on any atom is -0.324 e. The van der Waals surface area contributed by atoms with Crippen LogP contribution in [0.2, 0.25) is 0 Å². The van der Waals surface area contributed by atoms with Crippen LogP contribution in [-0.4, -0.2) is 18.5 Å². The van der Waals surface area contributed by atoms with Crippen molar-refractivity contribution in [3.05, 3.63) is 28.5 Å². The Labute approximate surface area is 114 Å². The zero-order valence-corrected chi connectivity index (χ0v) is 11.6. The van der Waals surface area contributed by atoms with Crippen LogP contribution in [0.3, 0.4) is 0 Å². The maximum atomic E-state index is 13.5. The molecule has 1 fully saturated rings. The Balaban J connectivity index is 1.82. The predicted octanol–water partition coefficient (Wildman–Crippen LogP) is 3.06. The number of carbonyl (C=O) groups is 1. The van der Waals surface area contributed by atoms with E-state index >= 15 is 0 Å². The fourth-order valence-electron chi connectivity index (χ4n) is 2.11. The van der Waals surface area contributed by atoms with Crippen LogP contribution in [0.1, 0.15) is 25.7 Å². The van der Waals surface area contributed by atoms with Crippen molar-refractivity contribution in [2.24, 2.45) is 0 Å². The number of benzene rings is 1. The average molecular weight is 315 g/mol. The maximum Gasteiger partial charge on any atom is 0.224 e. The Morgan fingerprint density at radius 1 is 1.56 bits per heavy atom. The molecule has 0 bridgehead atoms. The van der Waals surface area contributed by atoms with Gasteiger partial charge in [0.2, 0.25) is 5.91 Å². The van der Waals surface area contributed by atoms with Crippen LogP contribution in [0, 0.1) is 5.82 Å². The number of hydrogen-bond acceptors (Lipinski definition) is 2. The van der Waals surface area contributed by atoms with Gasteiger partial charge in [-0.05, 0) is 44.0 Å². The number of nitrogens with one attached hydrogen (secondary N) is 2. The summed E-state index contributed by atoms with van der Waals surface area (Å²) in [4.78, 5) is 11.7. The quantitative estimate of drug-likeness (QED) is 0.896. The predicted molar refractivity (Wildman–Crippen MR) is 73.0 cm³/mol. The lowest BCUT2D eigenvalue weighted by molar-refractivity contribution is -0.116. The molecule has 1 atom stereocenters. The van der Waals surface area contributed by atoms with Gasteiger partial charge in [0.05, 0.1) is 5.69 Å². The molecule has 2 rings (SSSR count). The Kier molecular flexibility index (Phi) is 4.72. The first-order chi connectivity index (χ1) is 8.65. The van der Waals surface area contributed by atoms with Crippen LogP contribution in [-0.2, 0) is 4.79 Å². The first kappa shape index (κ1) is 13.5. The van der Waals surface area contributed by atoms with Crippen molar-refractivity contribution >= 4 is 27.5 Å². The lowest BCUT2D eigenvalue weighted by Crippen LogP contribution is -2.23. The van der Waals surface area contributed by atoms with E-state index in [1.54, 1.807) is 12.1 Å². The summed E-state index contributed by atoms with van der Waals surface area (Å²) >= 11 is 3.18. The van der Waals surface area contributed by atoms with Crippen LogP contribution in [0.15, 0.2) is 22.7 Å². The van der Waals surface area contributed by atoms with E-state index in [0.717, 1.165) is 19.4 Å². The summed E-state index contributed by atoms with van der Waals surface area (Å²) in [6.45, 7) is 1.04. The average Bonchev–Trinajstić information content (AvgIpc) is 2.83. The van der Waals surface area contributed by atoms with Gasteiger partial charge in [-0.15, -0.1) is 0 Å². The number of halogens is 2. The molecule has 0 aliphatic carbocycles. The molecule has 1 aromatic rings. The summed E-state index contributed by atoms with van der Waals surface area (Å²) in [5.74, 6) is -0.554. The molecular weight excluding hydrogens is 299 g/mol. The molecule has 5 heteroatoms. The van der Waals surface area contributed by atoms with Gasteiger partial charge in [-0.2, -0.15) is 0 Å². The third kappa shape index (κ3) is 3.78. The molecule has 1 amide bonds. The van der Waals surface area contributed by atoms with Crippen molar-refractivity contribution in [1.82, 2.24) is 5.32 Å². The zero-order chi connectivity index (χ0) is 13.0. The van der Waals surface area contributed by atoms with Crippen LogP contribution in [0.25, 0.3) is 0 Å². The van der Waals surface area contributed by atoms with Crippen molar-refractivity contribution in [1.29, 1.82) is 0 Å². The number of rotatable bonds is 4. The summed E-state index contributed by atoms with van der Waals surface area (Å²) in [7, 11) is 0. The second-order valence-electron chi connectivity index (χ2n) is 4.50. The molecule has 1 aromatic carbocycles. The van der Waals surface area contributed by atoms with Crippen molar-refractivity contribution in [2.75, 3.05) is 11.9 Å². The normalized spacial score (nSPS) is 18.9. The molecule has 1 unspecified atom stereocenters. The van der Waals surface area contributed by atoms with E-state index in [1.807, 2.05) is 0 Å². The minimum absolute atomic E-state index is 0.134.